The van der Waals surface area contributed by atoms with Gasteiger partial charge in [-0.3, -0.25) is 0 Å². The summed E-state index contributed by atoms with van der Waals surface area (Å²) < 4.78 is 5.46. The van der Waals surface area contributed by atoms with Crippen LogP contribution in [0.5, 0.6) is 11.6 Å². The Bertz CT molecular complexity index is 593. The molecule has 0 atom stereocenters. The van der Waals surface area contributed by atoms with Crippen LogP contribution in [0.15, 0.2) is 30.5 Å². The van der Waals surface area contributed by atoms with Crippen molar-refractivity contribution < 1.29 is 4.74 Å². The van der Waals surface area contributed by atoms with Crippen molar-refractivity contribution >= 4 is 11.6 Å². The molecule has 4 nitrogen and oxygen atoms in total. The van der Waals surface area contributed by atoms with E-state index in [2.05, 4.69) is 10.2 Å². The van der Waals surface area contributed by atoms with Crippen molar-refractivity contribution in [1.29, 1.82) is 5.26 Å². The summed E-state index contributed by atoms with van der Waals surface area (Å²) in [5.74, 6) is 0.606. The molecule has 84 valence electrons. The van der Waals surface area contributed by atoms with Gasteiger partial charge in [-0.2, -0.15) is 10.4 Å². The summed E-state index contributed by atoms with van der Waals surface area (Å²) in [5, 5.41) is 16.8. The predicted octanol–water partition coefficient (Wildman–Crippen LogP) is 3.10. The van der Waals surface area contributed by atoms with E-state index in [1.165, 1.54) is 12.3 Å². The molecule has 0 amide bonds. The lowest BCUT2D eigenvalue weighted by atomic mass is 10.2. The molecule has 2 aromatic rings. The first kappa shape index (κ1) is 11.4. The van der Waals surface area contributed by atoms with Crippen molar-refractivity contribution in [3.8, 4) is 17.7 Å². The third-order valence-corrected chi connectivity index (χ3v) is 2.40. The number of hydrogen-bond acceptors (Lipinski definition) is 4. The van der Waals surface area contributed by atoms with Crippen LogP contribution in [0.3, 0.4) is 0 Å². The largest absolute Gasteiger partial charge is 0.435 e. The van der Waals surface area contributed by atoms with Crippen molar-refractivity contribution in [2.24, 2.45) is 0 Å². The van der Waals surface area contributed by atoms with Gasteiger partial charge in [-0.05, 0) is 30.7 Å². The second-order valence-corrected chi connectivity index (χ2v) is 3.80. The zero-order valence-electron chi connectivity index (χ0n) is 9.01. The number of benzene rings is 1. The Kier molecular flexibility index (Phi) is 3.22. The Morgan fingerprint density at radius 1 is 1.35 bits per heavy atom. The number of halogens is 1. The molecule has 1 heterocycles. The highest BCUT2D eigenvalue weighted by atomic mass is 35.5. The van der Waals surface area contributed by atoms with Crippen LogP contribution in [0, 0.1) is 18.3 Å². The minimum absolute atomic E-state index is 0.153. The molecule has 0 saturated heterocycles. The summed E-state index contributed by atoms with van der Waals surface area (Å²) in [7, 11) is 0. The smallest absolute Gasteiger partial charge is 0.257 e. The summed E-state index contributed by atoms with van der Waals surface area (Å²) in [4.78, 5) is 0. The first-order valence-electron chi connectivity index (χ1n) is 4.86. The first-order chi connectivity index (χ1) is 8.20. The van der Waals surface area contributed by atoms with E-state index < -0.39 is 0 Å². The van der Waals surface area contributed by atoms with Crippen LogP contribution >= 0.6 is 11.6 Å². The molecule has 17 heavy (non-hydrogen) atoms. The maximum Gasteiger partial charge on any atom is 0.257 e. The van der Waals surface area contributed by atoms with E-state index in [9.17, 15) is 0 Å². The van der Waals surface area contributed by atoms with Gasteiger partial charge in [0.1, 0.15) is 17.4 Å². The summed E-state index contributed by atoms with van der Waals surface area (Å²) >= 11 is 6.02. The van der Waals surface area contributed by atoms with E-state index in [0.717, 1.165) is 5.56 Å². The number of hydrogen-bond donors (Lipinski definition) is 0. The fraction of sp³-hybridized carbons (Fsp3) is 0.0833. The maximum atomic E-state index is 8.88. The Hall–Kier alpha value is -2.12. The van der Waals surface area contributed by atoms with Crippen molar-refractivity contribution in [2.75, 3.05) is 0 Å². The molecule has 0 bridgehead atoms. The fourth-order valence-electron chi connectivity index (χ4n) is 1.27. The highest BCUT2D eigenvalue weighted by molar-refractivity contribution is 6.32. The fourth-order valence-corrected chi connectivity index (χ4v) is 1.55. The molecule has 0 radical (unpaired) electrons. The predicted molar refractivity (Wildman–Crippen MR) is 63.0 cm³/mol. The molecular weight excluding hydrogens is 238 g/mol. The number of aromatic nitrogens is 2. The van der Waals surface area contributed by atoms with E-state index in [0.29, 0.717) is 16.3 Å². The standard InChI is InChI=1S/C12H8ClN3O/c1-8-2-3-11(10(13)6-8)17-12-9(7-14)4-5-15-16-12/h2-6H,1H3. The van der Waals surface area contributed by atoms with E-state index in [4.69, 9.17) is 21.6 Å². The first-order valence-corrected chi connectivity index (χ1v) is 5.24. The van der Waals surface area contributed by atoms with Crippen LogP contribution in [-0.2, 0) is 0 Å². The molecule has 1 aromatic carbocycles. The van der Waals surface area contributed by atoms with Gasteiger partial charge < -0.3 is 4.74 Å². The normalized spacial score (nSPS) is 9.71. The lowest BCUT2D eigenvalue weighted by molar-refractivity contribution is 0.453. The summed E-state index contributed by atoms with van der Waals surface area (Å²) in [5.41, 5.74) is 1.35. The van der Waals surface area contributed by atoms with Gasteiger partial charge >= 0.3 is 0 Å². The monoisotopic (exact) mass is 245 g/mol. The lowest BCUT2D eigenvalue weighted by Crippen LogP contribution is -1.94. The van der Waals surface area contributed by atoms with Crippen LogP contribution < -0.4 is 4.74 Å². The second-order valence-electron chi connectivity index (χ2n) is 3.40. The molecule has 0 spiro atoms. The quantitative estimate of drug-likeness (QED) is 0.816. The van der Waals surface area contributed by atoms with Crippen LogP contribution in [-0.4, -0.2) is 10.2 Å². The van der Waals surface area contributed by atoms with E-state index in [-0.39, 0.29) is 5.88 Å². The molecule has 0 unspecified atom stereocenters. The average molecular weight is 246 g/mol. The van der Waals surface area contributed by atoms with Gasteiger partial charge in [0, 0.05) is 0 Å². The second kappa shape index (κ2) is 4.81. The molecule has 5 heteroatoms. The van der Waals surface area contributed by atoms with E-state index >= 15 is 0 Å². The van der Waals surface area contributed by atoms with Crippen molar-refractivity contribution in [3.05, 3.63) is 46.6 Å². The van der Waals surface area contributed by atoms with Crippen molar-refractivity contribution in [2.45, 2.75) is 6.92 Å². The van der Waals surface area contributed by atoms with Gasteiger partial charge in [-0.15, -0.1) is 5.10 Å². The minimum Gasteiger partial charge on any atom is -0.435 e. The van der Waals surface area contributed by atoms with E-state index in [1.54, 1.807) is 12.1 Å². The van der Waals surface area contributed by atoms with Gasteiger partial charge in [0.25, 0.3) is 5.88 Å². The van der Waals surface area contributed by atoms with Gasteiger partial charge in [0.05, 0.1) is 11.2 Å². The highest BCUT2D eigenvalue weighted by Crippen LogP contribution is 2.29. The van der Waals surface area contributed by atoms with Crippen molar-refractivity contribution in [3.63, 3.8) is 0 Å². The van der Waals surface area contributed by atoms with Gasteiger partial charge in [-0.1, -0.05) is 17.7 Å². The topological polar surface area (TPSA) is 58.8 Å². The molecule has 1 aromatic heterocycles. The third-order valence-electron chi connectivity index (χ3n) is 2.10. The SMILES string of the molecule is Cc1ccc(Oc2nnccc2C#N)c(Cl)c1. The molecular formula is C12H8ClN3O. The van der Waals surface area contributed by atoms with Crippen LogP contribution in [0.2, 0.25) is 5.02 Å². The average Bonchev–Trinajstić information content (AvgIpc) is 2.33. The Balaban J connectivity index is 2.35. The number of aryl methyl sites for hydroxylation is 1. The maximum absolute atomic E-state index is 8.88. The molecule has 0 aliphatic rings. The summed E-state index contributed by atoms with van der Waals surface area (Å²) in [6.07, 6.45) is 1.43. The van der Waals surface area contributed by atoms with Crippen LogP contribution in [0.4, 0.5) is 0 Å². The highest BCUT2D eigenvalue weighted by Gasteiger charge is 2.08. The summed E-state index contributed by atoms with van der Waals surface area (Å²) in [6, 6.07) is 8.88. The molecule has 0 aliphatic heterocycles. The number of ether oxygens (including phenoxy) is 1. The lowest BCUT2D eigenvalue weighted by Gasteiger charge is -2.07. The molecule has 0 aliphatic carbocycles. The van der Waals surface area contributed by atoms with Crippen LogP contribution in [0.1, 0.15) is 11.1 Å². The third kappa shape index (κ3) is 2.52. The number of nitriles is 1. The Morgan fingerprint density at radius 3 is 2.88 bits per heavy atom. The molecule has 0 saturated carbocycles. The zero-order valence-corrected chi connectivity index (χ0v) is 9.77. The Morgan fingerprint density at radius 2 is 2.18 bits per heavy atom. The van der Waals surface area contributed by atoms with Gasteiger partial charge in [-0.25, -0.2) is 0 Å². The number of rotatable bonds is 2. The summed E-state index contributed by atoms with van der Waals surface area (Å²) in [6.45, 7) is 1.93. The van der Waals surface area contributed by atoms with Gasteiger partial charge in [0.2, 0.25) is 0 Å². The molecule has 0 N–H and O–H groups in total. The molecule has 2 rings (SSSR count). The van der Waals surface area contributed by atoms with Crippen LogP contribution in [0.25, 0.3) is 0 Å². The van der Waals surface area contributed by atoms with Gasteiger partial charge in [0.15, 0.2) is 0 Å². The van der Waals surface area contributed by atoms with Crippen molar-refractivity contribution in [1.82, 2.24) is 10.2 Å². The van der Waals surface area contributed by atoms with E-state index in [1.807, 2.05) is 19.1 Å². The molecule has 0 fully saturated rings. The minimum atomic E-state index is 0.153. The number of nitrogens with zero attached hydrogens (tertiary/aromatic N) is 3. The zero-order chi connectivity index (χ0) is 12.3. The Labute approximate surface area is 103 Å².